The SMILES string of the molecule is COc1ccc2[nH]cc([C@H]3[C@@H]4CC[C@@H](C4)[C@@H]3N(C)C(C)C)c2c1. The second-order valence-electron chi connectivity index (χ2n) is 7.76. The highest BCUT2D eigenvalue weighted by atomic mass is 16.5. The molecule has 2 aliphatic carbocycles. The molecule has 1 aromatic carbocycles. The maximum atomic E-state index is 5.46. The molecule has 2 saturated carbocycles. The minimum atomic E-state index is 0.599. The highest BCUT2D eigenvalue weighted by Crippen LogP contribution is 2.56. The summed E-state index contributed by atoms with van der Waals surface area (Å²) in [5.74, 6) is 3.32. The highest BCUT2D eigenvalue weighted by molar-refractivity contribution is 5.85. The van der Waals surface area contributed by atoms with Gasteiger partial charge in [0, 0.05) is 35.1 Å². The molecule has 3 nitrogen and oxygen atoms in total. The van der Waals surface area contributed by atoms with Crippen molar-refractivity contribution >= 4 is 10.9 Å². The van der Waals surface area contributed by atoms with E-state index in [1.165, 1.54) is 35.7 Å². The number of benzene rings is 1. The van der Waals surface area contributed by atoms with Crippen molar-refractivity contribution in [3.8, 4) is 5.75 Å². The fourth-order valence-corrected chi connectivity index (χ4v) is 5.15. The summed E-state index contributed by atoms with van der Waals surface area (Å²) in [6, 6.07) is 7.67. The van der Waals surface area contributed by atoms with Crippen LogP contribution in [0.1, 0.15) is 44.6 Å². The summed E-state index contributed by atoms with van der Waals surface area (Å²) >= 11 is 0. The molecule has 0 saturated heterocycles. The number of nitrogens with one attached hydrogen (secondary N) is 1. The number of H-pyrrole nitrogens is 1. The first-order valence-electron chi connectivity index (χ1n) is 8.97. The van der Waals surface area contributed by atoms with Crippen molar-refractivity contribution in [1.82, 2.24) is 9.88 Å². The Hall–Kier alpha value is -1.48. The van der Waals surface area contributed by atoms with Gasteiger partial charge in [-0.25, -0.2) is 0 Å². The van der Waals surface area contributed by atoms with Crippen molar-refractivity contribution in [2.75, 3.05) is 14.2 Å². The third-order valence-electron chi connectivity index (χ3n) is 6.44. The van der Waals surface area contributed by atoms with Crippen molar-refractivity contribution in [2.24, 2.45) is 11.8 Å². The van der Waals surface area contributed by atoms with Crippen LogP contribution in [0.4, 0.5) is 0 Å². The summed E-state index contributed by atoms with van der Waals surface area (Å²) in [7, 11) is 4.07. The van der Waals surface area contributed by atoms with E-state index in [-0.39, 0.29) is 0 Å². The lowest BCUT2D eigenvalue weighted by atomic mass is 9.78. The third-order valence-corrected chi connectivity index (χ3v) is 6.44. The lowest BCUT2D eigenvalue weighted by Crippen LogP contribution is -2.44. The smallest absolute Gasteiger partial charge is 0.119 e. The van der Waals surface area contributed by atoms with Crippen molar-refractivity contribution in [1.29, 1.82) is 0 Å². The van der Waals surface area contributed by atoms with Gasteiger partial charge in [0.2, 0.25) is 0 Å². The van der Waals surface area contributed by atoms with Gasteiger partial charge in [0.25, 0.3) is 0 Å². The van der Waals surface area contributed by atoms with E-state index in [0.29, 0.717) is 18.0 Å². The van der Waals surface area contributed by atoms with Crippen molar-refractivity contribution < 1.29 is 4.74 Å². The molecule has 2 aromatic rings. The number of likely N-dealkylation sites (N-methyl/N-ethyl adjacent to an activating group) is 1. The molecule has 2 fully saturated rings. The van der Waals surface area contributed by atoms with E-state index in [1.807, 2.05) is 6.07 Å². The van der Waals surface area contributed by atoms with Gasteiger partial charge in [0.1, 0.15) is 5.75 Å². The van der Waals surface area contributed by atoms with Gasteiger partial charge in [-0.3, -0.25) is 0 Å². The van der Waals surface area contributed by atoms with Crippen LogP contribution < -0.4 is 4.74 Å². The van der Waals surface area contributed by atoms with Gasteiger partial charge in [-0.2, -0.15) is 0 Å². The van der Waals surface area contributed by atoms with Crippen molar-refractivity contribution in [3.05, 3.63) is 30.0 Å². The number of fused-ring (bicyclic) bond motifs is 3. The first-order chi connectivity index (χ1) is 11.1. The Morgan fingerprint density at radius 3 is 2.74 bits per heavy atom. The van der Waals surface area contributed by atoms with Gasteiger partial charge in [0.15, 0.2) is 0 Å². The zero-order valence-corrected chi connectivity index (χ0v) is 14.7. The second kappa shape index (κ2) is 5.55. The number of hydrogen-bond donors (Lipinski definition) is 1. The zero-order valence-electron chi connectivity index (χ0n) is 14.7. The van der Waals surface area contributed by atoms with Crippen LogP contribution in [0, 0.1) is 11.8 Å². The van der Waals surface area contributed by atoms with E-state index < -0.39 is 0 Å². The summed E-state index contributed by atoms with van der Waals surface area (Å²) in [6.45, 7) is 4.64. The number of aromatic nitrogens is 1. The van der Waals surface area contributed by atoms with E-state index in [4.69, 9.17) is 4.74 Å². The Balaban J connectivity index is 1.79. The first kappa shape index (κ1) is 15.1. The largest absolute Gasteiger partial charge is 0.497 e. The molecule has 0 unspecified atom stereocenters. The third kappa shape index (κ3) is 2.28. The standard InChI is InChI=1S/C20H28N2O/c1-12(2)22(3)20-14-6-5-13(9-14)19(20)17-11-21-18-8-7-15(23-4)10-16(17)18/h7-8,10-14,19-21H,5-6,9H2,1-4H3/t13-,14+,19-,20+/m1/s1. The molecular weight excluding hydrogens is 284 g/mol. The fourth-order valence-electron chi connectivity index (χ4n) is 5.15. The topological polar surface area (TPSA) is 28.3 Å². The van der Waals surface area contributed by atoms with Crippen LogP contribution in [0.2, 0.25) is 0 Å². The predicted molar refractivity (Wildman–Crippen MR) is 95.1 cm³/mol. The van der Waals surface area contributed by atoms with Gasteiger partial charge in [0.05, 0.1) is 7.11 Å². The molecule has 0 radical (unpaired) electrons. The Bertz CT molecular complexity index is 705. The molecule has 124 valence electrons. The summed E-state index contributed by atoms with van der Waals surface area (Å²) < 4.78 is 5.46. The molecule has 0 amide bonds. The Kier molecular flexibility index (Phi) is 3.64. The summed E-state index contributed by atoms with van der Waals surface area (Å²) in [4.78, 5) is 6.11. The molecule has 1 heterocycles. The number of rotatable bonds is 4. The molecule has 2 aliphatic rings. The quantitative estimate of drug-likeness (QED) is 0.906. The van der Waals surface area contributed by atoms with Gasteiger partial charge in [-0.15, -0.1) is 0 Å². The molecule has 2 bridgehead atoms. The predicted octanol–water partition coefficient (Wildman–Crippen LogP) is 4.40. The number of aromatic amines is 1. The Morgan fingerprint density at radius 2 is 2.00 bits per heavy atom. The molecule has 23 heavy (non-hydrogen) atoms. The van der Waals surface area contributed by atoms with E-state index >= 15 is 0 Å². The van der Waals surface area contributed by atoms with E-state index in [1.54, 1.807) is 7.11 Å². The van der Waals surface area contributed by atoms with Crippen LogP contribution in [0.5, 0.6) is 5.75 Å². The molecule has 0 aliphatic heterocycles. The normalized spacial score (nSPS) is 30.0. The van der Waals surface area contributed by atoms with E-state index in [9.17, 15) is 0 Å². The summed E-state index contributed by atoms with van der Waals surface area (Å²) in [5, 5.41) is 1.35. The lowest BCUT2D eigenvalue weighted by molar-refractivity contribution is 0.123. The fraction of sp³-hybridized carbons (Fsp3) is 0.600. The minimum absolute atomic E-state index is 0.599. The number of nitrogens with zero attached hydrogens (tertiary/aromatic N) is 1. The maximum absolute atomic E-state index is 5.46. The Labute approximate surface area is 139 Å². The zero-order chi connectivity index (χ0) is 16.1. The summed E-state index contributed by atoms with van der Waals surface area (Å²) in [6.07, 6.45) is 6.47. The molecule has 4 atom stereocenters. The van der Waals surface area contributed by atoms with Gasteiger partial charge >= 0.3 is 0 Å². The van der Waals surface area contributed by atoms with Crippen LogP contribution in [-0.4, -0.2) is 36.1 Å². The highest BCUT2D eigenvalue weighted by Gasteiger charge is 2.50. The van der Waals surface area contributed by atoms with E-state index in [0.717, 1.165) is 17.6 Å². The molecule has 1 aromatic heterocycles. The van der Waals surface area contributed by atoms with Gasteiger partial charge in [-0.1, -0.05) is 0 Å². The van der Waals surface area contributed by atoms with Gasteiger partial charge < -0.3 is 14.6 Å². The molecule has 3 heteroatoms. The number of hydrogen-bond acceptors (Lipinski definition) is 2. The number of methoxy groups -OCH3 is 1. The first-order valence-corrected chi connectivity index (χ1v) is 8.97. The maximum Gasteiger partial charge on any atom is 0.119 e. The molecule has 4 rings (SSSR count). The monoisotopic (exact) mass is 312 g/mol. The van der Waals surface area contributed by atoms with Crippen LogP contribution in [0.3, 0.4) is 0 Å². The van der Waals surface area contributed by atoms with Crippen LogP contribution >= 0.6 is 0 Å². The van der Waals surface area contributed by atoms with Gasteiger partial charge in [-0.05, 0) is 75.8 Å². The van der Waals surface area contributed by atoms with Crippen molar-refractivity contribution in [3.63, 3.8) is 0 Å². The minimum Gasteiger partial charge on any atom is -0.497 e. The van der Waals surface area contributed by atoms with Crippen LogP contribution in [0.25, 0.3) is 10.9 Å². The Morgan fingerprint density at radius 1 is 1.22 bits per heavy atom. The molecule has 1 N–H and O–H groups in total. The summed E-state index contributed by atoms with van der Waals surface area (Å²) in [5.41, 5.74) is 2.73. The average molecular weight is 312 g/mol. The molecular formula is C20H28N2O. The van der Waals surface area contributed by atoms with Crippen LogP contribution in [-0.2, 0) is 0 Å². The lowest BCUT2D eigenvalue weighted by Gasteiger charge is -2.40. The number of ether oxygens (including phenoxy) is 1. The van der Waals surface area contributed by atoms with E-state index in [2.05, 4.69) is 49.1 Å². The second-order valence-corrected chi connectivity index (χ2v) is 7.76. The average Bonchev–Trinajstić information content (AvgIpc) is 3.26. The van der Waals surface area contributed by atoms with Crippen molar-refractivity contribution in [2.45, 2.75) is 51.1 Å². The molecule has 0 spiro atoms. The van der Waals surface area contributed by atoms with Crippen LogP contribution in [0.15, 0.2) is 24.4 Å².